The van der Waals surface area contributed by atoms with Crippen LogP contribution in [0.1, 0.15) is 56.9 Å². The Hall–Kier alpha value is -2.61. The van der Waals surface area contributed by atoms with E-state index in [4.69, 9.17) is 9.26 Å². The van der Waals surface area contributed by atoms with Crippen LogP contribution in [0.5, 0.6) is 0 Å². The standard InChI is InChI=1S/C17H19N3O5/c1-10-7-15(25-18-10)12-3-2-4-20(12)16(21)13-8-11(17(22)23)14-9-24-6-5-19(13)14/h7-8,12H,2-6,9H2,1H3,(H,22,23). The molecule has 0 spiro atoms. The minimum Gasteiger partial charge on any atom is -0.478 e. The van der Waals surface area contributed by atoms with Crippen LogP contribution < -0.4 is 0 Å². The summed E-state index contributed by atoms with van der Waals surface area (Å²) < 4.78 is 12.5. The van der Waals surface area contributed by atoms with Crippen LogP contribution in [0.3, 0.4) is 0 Å². The second-order valence-corrected chi connectivity index (χ2v) is 6.43. The van der Waals surface area contributed by atoms with Gasteiger partial charge in [0.15, 0.2) is 5.76 Å². The first-order valence-electron chi connectivity index (χ1n) is 8.34. The first-order chi connectivity index (χ1) is 12.1. The summed E-state index contributed by atoms with van der Waals surface area (Å²) in [5, 5.41) is 13.3. The molecule has 4 rings (SSSR count). The predicted octanol–water partition coefficient (Wildman–Crippen LogP) is 1.99. The minimum atomic E-state index is -1.04. The van der Waals surface area contributed by atoms with Gasteiger partial charge in [-0.15, -0.1) is 0 Å². The Labute approximate surface area is 144 Å². The number of carboxylic acid groups (broad SMARTS) is 1. The number of fused-ring (bicyclic) bond motifs is 1. The van der Waals surface area contributed by atoms with E-state index < -0.39 is 5.97 Å². The van der Waals surface area contributed by atoms with Gasteiger partial charge in [0, 0.05) is 19.2 Å². The zero-order valence-corrected chi connectivity index (χ0v) is 13.9. The molecule has 0 bridgehead atoms. The summed E-state index contributed by atoms with van der Waals surface area (Å²) in [6.45, 7) is 3.61. The molecule has 4 heterocycles. The lowest BCUT2D eigenvalue weighted by Crippen LogP contribution is -2.33. The first-order valence-corrected chi connectivity index (χ1v) is 8.34. The number of aryl methyl sites for hydroxylation is 1. The van der Waals surface area contributed by atoms with Crippen molar-refractivity contribution in [2.75, 3.05) is 13.2 Å². The van der Waals surface area contributed by atoms with Gasteiger partial charge in [-0.25, -0.2) is 4.79 Å². The van der Waals surface area contributed by atoms with Gasteiger partial charge < -0.3 is 23.8 Å². The number of hydrogen-bond donors (Lipinski definition) is 1. The molecule has 1 amide bonds. The monoisotopic (exact) mass is 345 g/mol. The summed E-state index contributed by atoms with van der Waals surface area (Å²) >= 11 is 0. The van der Waals surface area contributed by atoms with Crippen LogP contribution in [-0.2, 0) is 17.9 Å². The molecule has 2 aliphatic heterocycles. The summed E-state index contributed by atoms with van der Waals surface area (Å²) in [5.74, 6) is -0.542. The van der Waals surface area contributed by atoms with Gasteiger partial charge in [-0.3, -0.25) is 4.79 Å². The molecule has 0 aliphatic carbocycles. The Morgan fingerprint density at radius 2 is 2.16 bits per heavy atom. The molecule has 2 aromatic rings. The molecule has 25 heavy (non-hydrogen) atoms. The van der Waals surface area contributed by atoms with Gasteiger partial charge in [0.05, 0.1) is 36.2 Å². The van der Waals surface area contributed by atoms with Crippen LogP contribution in [0.15, 0.2) is 16.7 Å². The fourth-order valence-electron chi connectivity index (χ4n) is 3.68. The van der Waals surface area contributed by atoms with E-state index >= 15 is 0 Å². The zero-order valence-electron chi connectivity index (χ0n) is 13.9. The Morgan fingerprint density at radius 3 is 2.88 bits per heavy atom. The molecule has 0 aromatic carbocycles. The average Bonchev–Trinajstić information content (AvgIpc) is 3.31. The van der Waals surface area contributed by atoms with E-state index in [1.807, 2.05) is 13.0 Å². The minimum absolute atomic E-state index is 0.134. The fourth-order valence-corrected chi connectivity index (χ4v) is 3.68. The second kappa shape index (κ2) is 6.03. The molecule has 1 N–H and O–H groups in total. The number of aromatic nitrogens is 2. The predicted molar refractivity (Wildman–Crippen MR) is 85.3 cm³/mol. The third-order valence-electron chi connectivity index (χ3n) is 4.84. The summed E-state index contributed by atoms with van der Waals surface area (Å²) in [5.41, 5.74) is 1.86. The zero-order chi connectivity index (χ0) is 17.6. The van der Waals surface area contributed by atoms with Crippen molar-refractivity contribution >= 4 is 11.9 Å². The molecule has 8 nitrogen and oxygen atoms in total. The van der Waals surface area contributed by atoms with Crippen molar-refractivity contribution in [1.82, 2.24) is 14.6 Å². The van der Waals surface area contributed by atoms with Crippen molar-refractivity contribution in [2.45, 2.75) is 39.0 Å². The maximum Gasteiger partial charge on any atom is 0.337 e. The Kier molecular flexibility index (Phi) is 3.84. The topological polar surface area (TPSA) is 97.8 Å². The Balaban J connectivity index is 1.70. The molecule has 8 heteroatoms. The lowest BCUT2D eigenvalue weighted by Gasteiger charge is -2.25. The van der Waals surface area contributed by atoms with Gasteiger partial charge in [-0.1, -0.05) is 5.16 Å². The molecule has 2 aliphatic rings. The van der Waals surface area contributed by atoms with Crippen LogP contribution in [0.2, 0.25) is 0 Å². The Morgan fingerprint density at radius 1 is 1.32 bits per heavy atom. The average molecular weight is 345 g/mol. The van der Waals surface area contributed by atoms with Gasteiger partial charge in [0.25, 0.3) is 5.91 Å². The maximum atomic E-state index is 13.2. The smallest absolute Gasteiger partial charge is 0.337 e. The van der Waals surface area contributed by atoms with Crippen molar-refractivity contribution in [3.05, 3.63) is 40.5 Å². The third-order valence-corrected chi connectivity index (χ3v) is 4.84. The normalized spacial score (nSPS) is 19.9. The van der Waals surface area contributed by atoms with E-state index in [0.29, 0.717) is 36.8 Å². The Bertz CT molecular complexity index is 837. The highest BCUT2D eigenvalue weighted by molar-refractivity contribution is 5.98. The van der Waals surface area contributed by atoms with Gasteiger partial charge in [-0.05, 0) is 25.8 Å². The van der Waals surface area contributed by atoms with Crippen molar-refractivity contribution in [2.24, 2.45) is 0 Å². The molecule has 0 saturated carbocycles. The summed E-state index contributed by atoms with van der Waals surface area (Å²) in [7, 11) is 0. The van der Waals surface area contributed by atoms with Crippen molar-refractivity contribution in [1.29, 1.82) is 0 Å². The summed E-state index contributed by atoms with van der Waals surface area (Å²) in [4.78, 5) is 26.4. The van der Waals surface area contributed by atoms with Crippen molar-refractivity contribution < 1.29 is 24.0 Å². The van der Waals surface area contributed by atoms with E-state index in [1.165, 1.54) is 6.07 Å². The van der Waals surface area contributed by atoms with Gasteiger partial charge in [0.2, 0.25) is 0 Å². The van der Waals surface area contributed by atoms with Gasteiger partial charge >= 0.3 is 5.97 Å². The van der Waals surface area contributed by atoms with E-state index in [0.717, 1.165) is 18.5 Å². The van der Waals surface area contributed by atoms with Crippen LogP contribution >= 0.6 is 0 Å². The number of carbonyl (C=O) groups excluding carboxylic acids is 1. The van der Waals surface area contributed by atoms with E-state index in [2.05, 4.69) is 5.16 Å². The van der Waals surface area contributed by atoms with E-state index in [-0.39, 0.29) is 24.1 Å². The number of amides is 1. The molecule has 1 saturated heterocycles. The number of aromatic carboxylic acids is 1. The number of hydrogen-bond acceptors (Lipinski definition) is 5. The van der Waals surface area contributed by atoms with E-state index in [9.17, 15) is 14.7 Å². The first kappa shape index (κ1) is 15.9. The number of nitrogens with zero attached hydrogens (tertiary/aromatic N) is 3. The third kappa shape index (κ3) is 2.62. The highest BCUT2D eigenvalue weighted by Gasteiger charge is 2.36. The molecule has 132 valence electrons. The molecule has 0 radical (unpaired) electrons. The van der Waals surface area contributed by atoms with Gasteiger partial charge in [-0.2, -0.15) is 0 Å². The molecule has 1 fully saturated rings. The number of likely N-dealkylation sites (tertiary alicyclic amines) is 1. The van der Waals surface area contributed by atoms with Crippen molar-refractivity contribution in [3.8, 4) is 0 Å². The fraction of sp³-hybridized carbons (Fsp3) is 0.471. The number of ether oxygens (including phenoxy) is 1. The summed E-state index contributed by atoms with van der Waals surface area (Å²) in [6, 6.07) is 3.16. The molecular weight excluding hydrogens is 326 g/mol. The molecular formula is C17H19N3O5. The second-order valence-electron chi connectivity index (χ2n) is 6.43. The SMILES string of the molecule is Cc1cc(C2CCCN2C(=O)c2cc(C(=O)O)c3n2CCOC3)on1. The summed E-state index contributed by atoms with van der Waals surface area (Å²) in [6.07, 6.45) is 1.68. The molecule has 1 unspecified atom stereocenters. The van der Waals surface area contributed by atoms with Crippen molar-refractivity contribution in [3.63, 3.8) is 0 Å². The highest BCUT2D eigenvalue weighted by Crippen LogP contribution is 2.34. The van der Waals surface area contributed by atoms with Crippen LogP contribution in [0.25, 0.3) is 0 Å². The van der Waals surface area contributed by atoms with Crippen LogP contribution in [0, 0.1) is 6.92 Å². The number of carbonyl (C=O) groups is 2. The largest absolute Gasteiger partial charge is 0.478 e. The molecule has 2 aromatic heterocycles. The molecule has 1 atom stereocenters. The lowest BCUT2D eigenvalue weighted by molar-refractivity contribution is 0.0631. The highest BCUT2D eigenvalue weighted by atomic mass is 16.5. The van der Waals surface area contributed by atoms with Gasteiger partial charge in [0.1, 0.15) is 5.69 Å². The lowest BCUT2D eigenvalue weighted by atomic mass is 10.1. The quantitative estimate of drug-likeness (QED) is 0.913. The van der Waals surface area contributed by atoms with Crippen LogP contribution in [-0.4, -0.2) is 44.8 Å². The number of rotatable bonds is 3. The number of carboxylic acids is 1. The van der Waals surface area contributed by atoms with E-state index in [1.54, 1.807) is 9.47 Å². The van der Waals surface area contributed by atoms with Crippen LogP contribution in [0.4, 0.5) is 0 Å². The maximum absolute atomic E-state index is 13.2.